The van der Waals surface area contributed by atoms with Crippen LogP contribution in [0.4, 0.5) is 0 Å². The first-order valence-corrected chi connectivity index (χ1v) is 23.5. The molecule has 0 fully saturated rings. The van der Waals surface area contributed by atoms with E-state index in [9.17, 15) is 24.0 Å². The third kappa shape index (κ3) is 37.4. The average Bonchev–Trinajstić information content (AvgIpc) is 3.27. The van der Waals surface area contributed by atoms with Crippen LogP contribution in [0.15, 0.2) is 91.0 Å². The fourth-order valence-electron chi connectivity index (χ4n) is 6.71. The summed E-state index contributed by atoms with van der Waals surface area (Å²) in [4.78, 5) is 50.9. The van der Waals surface area contributed by atoms with Crippen molar-refractivity contribution in [2.75, 3.05) is 0 Å². The van der Waals surface area contributed by atoms with Crippen LogP contribution in [-0.2, 0) is 83.2 Å². The maximum absolute atomic E-state index is 10.3. The van der Waals surface area contributed by atoms with Gasteiger partial charge in [-0.1, -0.05) is 134 Å². The summed E-state index contributed by atoms with van der Waals surface area (Å²) < 4.78 is 0. The maximum atomic E-state index is 10.3. The first-order valence-electron chi connectivity index (χ1n) is 23.5. The smallest absolute Gasteiger partial charge is 0.542 e. The van der Waals surface area contributed by atoms with E-state index < -0.39 is 0 Å². The summed E-state index contributed by atoms with van der Waals surface area (Å²) in [5.41, 5.74) is 12.0. The molecule has 0 spiro atoms. The van der Waals surface area contributed by atoms with Gasteiger partial charge in [-0.3, -0.25) is 31.4 Å². The van der Waals surface area contributed by atoms with Crippen molar-refractivity contribution in [3.8, 4) is 0 Å². The number of hydrogen-bond donors (Lipinski definition) is 0. The largest absolute Gasteiger partial charge is 1.00 e. The van der Waals surface area contributed by atoms with Gasteiger partial charge in [-0.15, -0.1) is 24.0 Å². The second kappa shape index (κ2) is 44.2. The van der Waals surface area contributed by atoms with Gasteiger partial charge in [-0.2, -0.15) is 185 Å². The molecule has 5 aromatic rings. The molecule has 0 N–H and O–H groups in total. The third-order valence-electron chi connectivity index (χ3n) is 10.6. The Bertz CT molecular complexity index is 2220. The summed E-state index contributed by atoms with van der Waals surface area (Å²) in [7, 11) is 0. The van der Waals surface area contributed by atoms with Crippen LogP contribution in [0, 0.1) is 30.3 Å². The Morgan fingerprint density at radius 2 is 0.781 bits per heavy atom. The van der Waals surface area contributed by atoms with Gasteiger partial charge in [0.1, 0.15) is 0 Å². The van der Waals surface area contributed by atoms with Crippen molar-refractivity contribution in [2.45, 2.75) is 182 Å². The topological polar surface area (TPSA) is 85.3 Å². The Kier molecular flexibility index (Phi) is 51.2. The van der Waals surface area contributed by atoms with Gasteiger partial charge >= 0.3 is 257 Å². The normalized spacial score (nSPS) is 10.6. The van der Waals surface area contributed by atoms with Crippen molar-refractivity contribution in [1.82, 2.24) is 0 Å². The van der Waals surface area contributed by atoms with Crippen LogP contribution in [0.3, 0.4) is 0 Å². The second-order valence-corrected chi connectivity index (χ2v) is 21.7. The van der Waals surface area contributed by atoms with Crippen LogP contribution >= 0.6 is 0 Å². The number of aryl methyl sites for hydroxylation is 3. The molecule has 0 unspecified atom stereocenters. The van der Waals surface area contributed by atoms with Crippen LogP contribution in [0.5, 0.6) is 0 Å². The fraction of sp³-hybridized carbons (Fsp3) is 0.444. The summed E-state index contributed by atoms with van der Waals surface area (Å²) in [6, 6.07) is 45.8. The van der Waals surface area contributed by atoms with Gasteiger partial charge in [0, 0.05) is 0 Å². The van der Waals surface area contributed by atoms with Crippen LogP contribution in [0.2, 0.25) is 0 Å². The van der Waals surface area contributed by atoms with Crippen LogP contribution < -0.4 is 257 Å². The molecule has 0 bridgehead atoms. The minimum atomic E-state index is 0. The van der Waals surface area contributed by atoms with Crippen molar-refractivity contribution in [1.29, 1.82) is 0 Å². The molecule has 0 radical (unpaired) electrons. The number of carbonyl (C=O) groups excluding carboxylic acids is 5. The van der Waals surface area contributed by atoms with E-state index in [1.165, 1.54) is 27.8 Å². The molecular formula is C63H76K5O5-5. The van der Waals surface area contributed by atoms with Gasteiger partial charge in [0.05, 0.1) is 0 Å². The standard InChI is InChI=1S/3C13H16O.2C12H14O.5K/c2*1-13(2,3)12-8-4-6-11(10-12)7-5-9-14;1-13(2,3)12-9-5-4-7-11(12)8-6-10-14;1-12(2,3)11-6-4-5-10(9-11)7-8-13;1-12(2,3)11-7-5-4-6-10(11)8-9-13;;;;;/h4,8,10H,5,7H2,1-3H3;4,6,8H,5,7H2,1-3H3;4-5,9H,6,8H2,1-3H3;4,6,9H,7H2,1-3H3;4-5,7H,8H2,1-3H3;;;;;/q5*-2;5*+1. The van der Waals surface area contributed by atoms with E-state index in [1.54, 1.807) is 0 Å². The predicted molar refractivity (Wildman–Crippen MR) is 281 cm³/mol. The number of hydrogen-bond acceptors (Lipinski definition) is 5. The molecule has 5 aromatic carbocycles. The van der Waals surface area contributed by atoms with E-state index in [0.717, 1.165) is 47.1 Å². The maximum Gasteiger partial charge on any atom is 1.00 e. The minimum absolute atomic E-state index is 0. The zero-order valence-corrected chi connectivity index (χ0v) is 64.5. The van der Waals surface area contributed by atoms with Crippen molar-refractivity contribution in [3.05, 3.63) is 177 Å². The Morgan fingerprint density at radius 1 is 0.370 bits per heavy atom. The molecule has 368 valence electrons. The van der Waals surface area contributed by atoms with Crippen molar-refractivity contribution in [2.24, 2.45) is 0 Å². The van der Waals surface area contributed by atoms with Crippen molar-refractivity contribution in [3.63, 3.8) is 0 Å². The van der Waals surface area contributed by atoms with Crippen molar-refractivity contribution >= 4 is 31.4 Å². The molecule has 5 rings (SSSR count). The van der Waals surface area contributed by atoms with Gasteiger partial charge in [-0.25, -0.2) is 0 Å². The molecule has 0 heterocycles. The van der Waals surface area contributed by atoms with E-state index >= 15 is 0 Å². The molecule has 0 saturated heterocycles. The summed E-state index contributed by atoms with van der Waals surface area (Å²) in [5, 5.41) is 0. The van der Waals surface area contributed by atoms with Gasteiger partial charge in [-0.05, 0) is 16.2 Å². The fourth-order valence-corrected chi connectivity index (χ4v) is 6.71. The van der Waals surface area contributed by atoms with E-state index in [2.05, 4.69) is 158 Å². The van der Waals surface area contributed by atoms with Crippen LogP contribution in [0.1, 0.15) is 179 Å². The summed E-state index contributed by atoms with van der Waals surface area (Å²) in [6.45, 7) is 32.4. The molecule has 0 aliphatic carbocycles. The molecule has 0 atom stereocenters. The molecule has 0 aromatic heterocycles. The van der Waals surface area contributed by atoms with E-state index in [4.69, 9.17) is 0 Å². The molecule has 73 heavy (non-hydrogen) atoms. The first kappa shape index (κ1) is 84.4. The molecule has 0 saturated carbocycles. The Morgan fingerprint density at radius 3 is 1.21 bits per heavy atom. The summed E-state index contributed by atoms with van der Waals surface area (Å²) >= 11 is 0. The predicted octanol–water partition coefficient (Wildman–Crippen LogP) is -1.63. The Hall–Kier alpha value is 2.63. The minimum Gasteiger partial charge on any atom is -0.542 e. The monoisotopic (exact) mass is 1110 g/mol. The van der Waals surface area contributed by atoms with Gasteiger partial charge in [0.2, 0.25) is 0 Å². The van der Waals surface area contributed by atoms with E-state index in [0.29, 0.717) is 32.1 Å². The van der Waals surface area contributed by atoms with Gasteiger partial charge < -0.3 is 24.0 Å². The summed E-state index contributed by atoms with van der Waals surface area (Å²) in [6.07, 6.45) is 13.8. The Balaban J connectivity index is -0.000000260. The quantitative estimate of drug-likeness (QED) is 0.105. The number of rotatable bonds is 13. The third-order valence-corrected chi connectivity index (χ3v) is 10.6. The zero-order valence-electron chi connectivity index (χ0n) is 48.9. The molecule has 5 nitrogen and oxygen atoms in total. The molecule has 0 aliphatic rings. The summed E-state index contributed by atoms with van der Waals surface area (Å²) in [5.74, 6) is 0. The molecule has 0 aliphatic heterocycles. The zero-order chi connectivity index (χ0) is 51.6. The molecule has 0 amide bonds. The van der Waals surface area contributed by atoms with Crippen LogP contribution in [-0.4, -0.2) is 31.4 Å². The number of benzene rings is 5. The molecular weight excluding hydrogens is 1030 g/mol. The van der Waals surface area contributed by atoms with Crippen molar-refractivity contribution < 1.29 is 281 Å². The SMILES string of the molecule is CC(C)(C)c1[c-]c(CC[C-]=O)ccc1.CC(C)(C)c1cc[c-]c(CC[C-]=O)c1.CC(C)(C)c1cc[c-]c(C[C-]=O)c1.CC(C)(C)c1ccc[c-]c1CC[C-]=O.CC(C)(C)c1ccc[c-]c1C[C-]=O.[K+].[K+].[K+].[K+].[K+]. The Labute approximate surface area is 657 Å². The van der Waals surface area contributed by atoms with E-state index in [1.807, 2.05) is 98.2 Å². The second-order valence-electron chi connectivity index (χ2n) is 21.7. The molecule has 10 heteroatoms. The van der Waals surface area contributed by atoms with Crippen LogP contribution in [0.25, 0.3) is 0 Å². The van der Waals surface area contributed by atoms with E-state index in [-0.39, 0.29) is 284 Å². The average molecular weight is 1110 g/mol. The van der Waals surface area contributed by atoms with Gasteiger partial charge in [0.15, 0.2) is 0 Å². The van der Waals surface area contributed by atoms with Gasteiger partial charge in [0.25, 0.3) is 0 Å². The first-order chi connectivity index (χ1) is 31.7.